The van der Waals surface area contributed by atoms with E-state index in [1.165, 1.54) is 0 Å². The normalized spacial score (nSPS) is 17.5. The largest absolute Gasteiger partial charge is 0.288 e. The molecule has 0 aromatic carbocycles. The molecule has 13 heavy (non-hydrogen) atoms. The third-order valence-electron chi connectivity index (χ3n) is 1.82. The van der Waals surface area contributed by atoms with E-state index in [1.807, 2.05) is 0 Å². The molecule has 0 unspecified atom stereocenters. The maximum absolute atomic E-state index is 11.2. The molecule has 1 radical (unpaired) electrons. The van der Waals surface area contributed by atoms with Crippen LogP contribution in [0.4, 0.5) is 0 Å². The number of Topliss-reactive ketones (excluding diaryl/α,β-unsaturated/α-hetero) is 2. The van der Waals surface area contributed by atoms with Crippen LogP contribution in [0.25, 0.3) is 0 Å². The molecule has 3 heteroatoms. The summed E-state index contributed by atoms with van der Waals surface area (Å²) in [4.78, 5) is 22.3. The number of allylic oxidation sites excluding steroid dienone is 4. The second-order valence-electron chi connectivity index (χ2n) is 2.57. The van der Waals surface area contributed by atoms with Gasteiger partial charge in [0.15, 0.2) is 11.6 Å². The molecular weight excluding hydrogens is 207 g/mol. The number of carbonyl (C=O) groups is 2. The van der Waals surface area contributed by atoms with Crippen LogP contribution in [0.2, 0.25) is 0 Å². The average molecular weight is 215 g/mol. The summed E-state index contributed by atoms with van der Waals surface area (Å²) in [5, 5.41) is 0. The monoisotopic (exact) mass is 215 g/mol. The van der Waals surface area contributed by atoms with Crippen molar-refractivity contribution in [2.75, 3.05) is 0 Å². The first kappa shape index (κ1) is 11.8. The maximum atomic E-state index is 11.2. The van der Waals surface area contributed by atoms with E-state index >= 15 is 0 Å². The Labute approximate surface area is 87.2 Å². The van der Waals surface area contributed by atoms with Gasteiger partial charge in [0, 0.05) is 28.2 Å². The van der Waals surface area contributed by atoms with Crippen LogP contribution >= 0.6 is 0 Å². The average Bonchev–Trinajstić information content (AvgIpc) is 2.08. The zero-order valence-electron chi connectivity index (χ0n) is 7.02. The van der Waals surface area contributed by atoms with Gasteiger partial charge in [-0.05, 0) is 5.57 Å². The molecule has 0 heterocycles. The standard InChI is InChI=1S/C10H8O2.Mn/c1-5-6(2)9(11)8(4)10(12)7(5)3;/h1-4H2;. The van der Waals surface area contributed by atoms with E-state index in [0.717, 1.165) is 0 Å². The summed E-state index contributed by atoms with van der Waals surface area (Å²) in [7, 11) is 0. The SMILES string of the molecule is C=C1C(=C)C(=O)C(=C)C(=O)C1=C.[Mn]. The van der Waals surface area contributed by atoms with Crippen molar-refractivity contribution in [2.24, 2.45) is 0 Å². The van der Waals surface area contributed by atoms with Gasteiger partial charge in [-0.15, -0.1) is 0 Å². The zero-order valence-corrected chi connectivity index (χ0v) is 8.20. The van der Waals surface area contributed by atoms with Gasteiger partial charge in [0.25, 0.3) is 0 Å². The first-order valence-corrected chi connectivity index (χ1v) is 3.32. The number of ketones is 2. The van der Waals surface area contributed by atoms with Crippen molar-refractivity contribution in [3.05, 3.63) is 48.6 Å². The third-order valence-corrected chi connectivity index (χ3v) is 1.82. The number of carbonyl (C=O) groups excluding carboxylic acids is 2. The predicted octanol–water partition coefficient (Wildman–Crippen LogP) is 1.36. The minimum absolute atomic E-state index is 0. The van der Waals surface area contributed by atoms with E-state index in [9.17, 15) is 9.59 Å². The summed E-state index contributed by atoms with van der Waals surface area (Å²) < 4.78 is 0. The van der Waals surface area contributed by atoms with Crippen molar-refractivity contribution in [1.82, 2.24) is 0 Å². The second-order valence-corrected chi connectivity index (χ2v) is 2.57. The predicted molar refractivity (Wildman–Crippen MR) is 46.6 cm³/mol. The topological polar surface area (TPSA) is 34.1 Å². The maximum Gasteiger partial charge on any atom is 0.196 e. The van der Waals surface area contributed by atoms with Gasteiger partial charge in [0.05, 0.1) is 5.57 Å². The van der Waals surface area contributed by atoms with Crippen LogP contribution in [0.3, 0.4) is 0 Å². The van der Waals surface area contributed by atoms with E-state index in [4.69, 9.17) is 0 Å². The van der Waals surface area contributed by atoms with Crippen LogP contribution in [0.1, 0.15) is 0 Å². The van der Waals surface area contributed by atoms with Crippen LogP contribution < -0.4 is 0 Å². The van der Waals surface area contributed by atoms with Crippen LogP contribution in [0.15, 0.2) is 48.6 Å². The minimum Gasteiger partial charge on any atom is -0.288 e. The smallest absolute Gasteiger partial charge is 0.196 e. The molecule has 1 fully saturated rings. The Morgan fingerprint density at radius 2 is 0.923 bits per heavy atom. The van der Waals surface area contributed by atoms with Gasteiger partial charge in [-0.3, -0.25) is 9.59 Å². The molecule has 0 aromatic rings. The van der Waals surface area contributed by atoms with Gasteiger partial charge in [-0.2, -0.15) is 0 Å². The third kappa shape index (κ3) is 1.62. The second kappa shape index (κ2) is 3.69. The minimum atomic E-state index is -0.433. The van der Waals surface area contributed by atoms with Gasteiger partial charge >= 0.3 is 0 Å². The van der Waals surface area contributed by atoms with Crippen LogP contribution in [-0.4, -0.2) is 11.6 Å². The molecule has 2 nitrogen and oxygen atoms in total. The number of hydrogen-bond donors (Lipinski definition) is 0. The van der Waals surface area contributed by atoms with E-state index in [1.54, 1.807) is 0 Å². The molecule has 0 aromatic heterocycles. The molecule has 1 aliphatic carbocycles. The fourth-order valence-corrected chi connectivity index (χ4v) is 0.924. The zero-order chi connectivity index (χ0) is 9.46. The Hall–Kier alpha value is -1.18. The summed E-state index contributed by atoms with van der Waals surface area (Å²) in [6, 6.07) is 0. The van der Waals surface area contributed by atoms with Crippen molar-refractivity contribution in [3.63, 3.8) is 0 Å². The molecule has 1 aliphatic rings. The molecule has 0 bridgehead atoms. The number of hydrogen-bond acceptors (Lipinski definition) is 2. The van der Waals surface area contributed by atoms with Crippen molar-refractivity contribution in [1.29, 1.82) is 0 Å². The van der Waals surface area contributed by atoms with Crippen molar-refractivity contribution < 1.29 is 26.7 Å². The molecule has 0 N–H and O–H groups in total. The molecule has 1 saturated carbocycles. The Balaban J connectivity index is 0.00000144. The summed E-state index contributed by atoms with van der Waals surface area (Å²) in [5.74, 6) is -0.866. The molecule has 0 aliphatic heterocycles. The molecule has 1 rings (SSSR count). The molecule has 0 atom stereocenters. The molecular formula is C10H8MnO2. The molecule has 0 spiro atoms. The molecule has 0 saturated heterocycles. The first-order chi connectivity index (χ1) is 5.46. The van der Waals surface area contributed by atoms with E-state index in [-0.39, 0.29) is 33.8 Å². The van der Waals surface area contributed by atoms with Crippen molar-refractivity contribution >= 4 is 11.6 Å². The Morgan fingerprint density at radius 1 is 0.615 bits per heavy atom. The summed E-state index contributed by atoms with van der Waals surface area (Å²) in [6.07, 6.45) is 0. The van der Waals surface area contributed by atoms with E-state index in [2.05, 4.69) is 26.3 Å². The summed E-state index contributed by atoms with van der Waals surface area (Å²) in [6.45, 7) is 13.9. The Kier molecular flexibility index (Phi) is 3.35. The van der Waals surface area contributed by atoms with Crippen molar-refractivity contribution in [3.8, 4) is 0 Å². The Morgan fingerprint density at radius 3 is 1.23 bits per heavy atom. The molecule has 67 valence electrons. The van der Waals surface area contributed by atoms with Gasteiger partial charge in [-0.1, -0.05) is 26.3 Å². The van der Waals surface area contributed by atoms with Gasteiger partial charge in [0.2, 0.25) is 0 Å². The fraction of sp³-hybridized carbons (Fsp3) is 0. The van der Waals surface area contributed by atoms with Crippen molar-refractivity contribution in [2.45, 2.75) is 0 Å². The first-order valence-electron chi connectivity index (χ1n) is 3.32. The van der Waals surface area contributed by atoms with E-state index < -0.39 is 11.6 Å². The van der Waals surface area contributed by atoms with Crippen LogP contribution in [0, 0.1) is 0 Å². The van der Waals surface area contributed by atoms with Crippen LogP contribution in [0.5, 0.6) is 0 Å². The van der Waals surface area contributed by atoms with Gasteiger partial charge in [-0.25, -0.2) is 0 Å². The van der Waals surface area contributed by atoms with Gasteiger partial charge in [0.1, 0.15) is 0 Å². The van der Waals surface area contributed by atoms with E-state index in [0.29, 0.717) is 5.57 Å². The summed E-state index contributed by atoms with van der Waals surface area (Å²) in [5.41, 5.74) is 0.670. The quantitative estimate of drug-likeness (QED) is 0.347. The molecule has 0 amide bonds. The van der Waals surface area contributed by atoms with Crippen LogP contribution in [-0.2, 0) is 26.7 Å². The summed E-state index contributed by atoms with van der Waals surface area (Å²) >= 11 is 0. The number of rotatable bonds is 0. The fourth-order valence-electron chi connectivity index (χ4n) is 0.924. The Bertz CT molecular complexity index is 244. The van der Waals surface area contributed by atoms with Gasteiger partial charge < -0.3 is 0 Å².